The fraction of sp³-hybridized carbons (Fsp3) is 0.629. The third-order valence-corrected chi connectivity index (χ3v) is 7.76. The highest BCUT2D eigenvalue weighted by atomic mass is 16.6. The molecule has 3 atom stereocenters. The molecule has 0 aliphatic heterocycles. The van der Waals surface area contributed by atoms with Crippen molar-refractivity contribution in [3.63, 3.8) is 0 Å². The first kappa shape index (κ1) is 48.0. The number of primary amides is 2. The van der Waals surface area contributed by atoms with Gasteiger partial charge in [-0.3, -0.25) is 24.1 Å². The Kier molecular flexibility index (Phi) is 24.0. The molecule has 9 N–H and O–H groups in total. The molecule has 0 spiro atoms. The molecule has 310 valence electrons. The average Bonchev–Trinajstić information content (AvgIpc) is 3.13. The van der Waals surface area contributed by atoms with E-state index in [4.69, 9.17) is 40.3 Å². The molecular formula is C35H57N7O13. The van der Waals surface area contributed by atoms with Crippen LogP contribution in [0.15, 0.2) is 24.3 Å². The average molecular weight is 784 g/mol. The van der Waals surface area contributed by atoms with Crippen molar-refractivity contribution in [3.8, 4) is 0 Å². The first-order valence-electron chi connectivity index (χ1n) is 17.9. The molecule has 0 saturated carbocycles. The summed E-state index contributed by atoms with van der Waals surface area (Å²) in [6.07, 6.45) is -0.265. The van der Waals surface area contributed by atoms with Gasteiger partial charge in [-0.05, 0) is 43.4 Å². The zero-order valence-corrected chi connectivity index (χ0v) is 32.0. The van der Waals surface area contributed by atoms with Gasteiger partial charge in [0.15, 0.2) is 0 Å². The van der Waals surface area contributed by atoms with E-state index in [2.05, 4.69) is 21.3 Å². The molecule has 0 aliphatic rings. The summed E-state index contributed by atoms with van der Waals surface area (Å²) in [5.41, 5.74) is 11.1. The van der Waals surface area contributed by atoms with Crippen LogP contribution in [0.5, 0.6) is 0 Å². The van der Waals surface area contributed by atoms with Crippen LogP contribution in [-0.2, 0) is 54.3 Å². The minimum atomic E-state index is -1.18. The number of benzene rings is 1. The van der Waals surface area contributed by atoms with Crippen LogP contribution in [0.1, 0.15) is 52.0 Å². The molecule has 55 heavy (non-hydrogen) atoms. The van der Waals surface area contributed by atoms with Crippen molar-refractivity contribution >= 4 is 47.4 Å². The second kappa shape index (κ2) is 27.5. The Balaban J connectivity index is 2.60. The Morgan fingerprint density at radius 3 is 1.82 bits per heavy atom. The van der Waals surface area contributed by atoms with Gasteiger partial charge >= 0.3 is 18.1 Å². The first-order valence-corrected chi connectivity index (χ1v) is 17.9. The Morgan fingerprint density at radius 1 is 0.764 bits per heavy atom. The van der Waals surface area contributed by atoms with Crippen LogP contribution in [0.2, 0.25) is 0 Å². The molecule has 1 aromatic carbocycles. The van der Waals surface area contributed by atoms with E-state index in [-0.39, 0.29) is 64.8 Å². The predicted octanol–water partition coefficient (Wildman–Crippen LogP) is 0.0726. The molecular weight excluding hydrogens is 726 g/mol. The van der Waals surface area contributed by atoms with E-state index in [1.54, 1.807) is 38.1 Å². The standard InChI is InChI=1S/C35H57N7O13/c1-23(2)30(41-29(44)12-15-52-17-19-54-21-20-53-18-16-51-14-11-28(36)43)32(46)40-27(6-5-13-38-34(37)49)31(45)39-26-9-7-25(8-10-26)22-55-35(50)42(4)24(3)33(47)48/h7-10,23-24,27,30H,5-6,11-22H2,1-4H3,(H2,36,43)(H,39,45)(H,40,46)(H,41,44)(H,47,48)(H3,37,38,49)/t24-,27-,30-/m0/s1. The smallest absolute Gasteiger partial charge is 0.410 e. The molecule has 0 fully saturated rings. The number of nitrogens with zero attached hydrogens (tertiary/aromatic N) is 1. The number of hydrogen-bond donors (Lipinski definition) is 7. The summed E-state index contributed by atoms with van der Waals surface area (Å²) in [4.78, 5) is 85.4. The van der Waals surface area contributed by atoms with Crippen molar-refractivity contribution in [3.05, 3.63) is 29.8 Å². The van der Waals surface area contributed by atoms with Crippen LogP contribution in [-0.4, -0.2) is 136 Å². The number of ether oxygens (including phenoxy) is 5. The highest BCUT2D eigenvalue weighted by Gasteiger charge is 2.29. The van der Waals surface area contributed by atoms with Gasteiger partial charge in [-0.15, -0.1) is 0 Å². The topological polar surface area (TPSA) is 289 Å². The maximum absolute atomic E-state index is 13.4. The number of urea groups is 1. The first-order chi connectivity index (χ1) is 26.1. The zero-order valence-electron chi connectivity index (χ0n) is 32.0. The van der Waals surface area contributed by atoms with Crippen LogP contribution >= 0.6 is 0 Å². The number of anilines is 1. The Morgan fingerprint density at radius 2 is 1.31 bits per heavy atom. The van der Waals surface area contributed by atoms with E-state index in [0.717, 1.165) is 4.90 Å². The maximum Gasteiger partial charge on any atom is 0.410 e. The number of amides is 7. The van der Waals surface area contributed by atoms with Crippen molar-refractivity contribution in [1.29, 1.82) is 0 Å². The number of rotatable bonds is 29. The molecule has 7 amide bonds. The van der Waals surface area contributed by atoms with E-state index in [1.807, 2.05) is 0 Å². The Bertz CT molecular complexity index is 1360. The maximum atomic E-state index is 13.4. The van der Waals surface area contributed by atoms with Crippen molar-refractivity contribution in [1.82, 2.24) is 20.9 Å². The van der Waals surface area contributed by atoms with Gasteiger partial charge < -0.3 is 61.5 Å². The molecule has 0 aromatic heterocycles. The highest BCUT2D eigenvalue weighted by Crippen LogP contribution is 2.13. The highest BCUT2D eigenvalue weighted by molar-refractivity contribution is 5.98. The van der Waals surface area contributed by atoms with Crippen LogP contribution in [0, 0.1) is 5.92 Å². The lowest BCUT2D eigenvalue weighted by Crippen LogP contribution is -2.54. The van der Waals surface area contributed by atoms with Gasteiger partial charge in [-0.2, -0.15) is 0 Å². The van der Waals surface area contributed by atoms with Crippen LogP contribution in [0.4, 0.5) is 15.3 Å². The molecule has 20 heteroatoms. The molecule has 0 radical (unpaired) electrons. The van der Waals surface area contributed by atoms with Gasteiger partial charge in [0, 0.05) is 32.1 Å². The predicted molar refractivity (Wildman–Crippen MR) is 197 cm³/mol. The molecule has 20 nitrogen and oxygen atoms in total. The SMILES string of the molecule is CC(C)[C@H](NC(=O)CCOCCOCCOCCOCCC(N)=O)C(=O)N[C@@H](CCCNC(N)=O)C(=O)Nc1ccc(COC(=O)N(C)[C@@H](C)C(=O)O)cc1. The lowest BCUT2D eigenvalue weighted by molar-refractivity contribution is -0.141. The number of hydrogen-bond acceptors (Lipinski definition) is 12. The van der Waals surface area contributed by atoms with Crippen molar-refractivity contribution in [2.24, 2.45) is 17.4 Å². The minimum absolute atomic E-state index is 0.0224. The summed E-state index contributed by atoms with van der Waals surface area (Å²) in [5, 5.41) is 19.7. The Labute approximate surface area is 320 Å². The van der Waals surface area contributed by atoms with Gasteiger partial charge in [0.1, 0.15) is 24.7 Å². The quantitative estimate of drug-likeness (QED) is 0.0531. The normalized spacial score (nSPS) is 12.5. The van der Waals surface area contributed by atoms with Gasteiger partial charge in [0.25, 0.3) is 0 Å². The van der Waals surface area contributed by atoms with Gasteiger partial charge in [0.2, 0.25) is 23.6 Å². The number of carboxylic acids is 1. The lowest BCUT2D eigenvalue weighted by Gasteiger charge is -2.25. The van der Waals surface area contributed by atoms with Crippen molar-refractivity contribution in [2.75, 3.05) is 71.8 Å². The van der Waals surface area contributed by atoms with E-state index < -0.39 is 59.8 Å². The number of carboxylic acid groups (broad SMARTS) is 1. The van der Waals surface area contributed by atoms with Gasteiger partial charge in [-0.25, -0.2) is 14.4 Å². The summed E-state index contributed by atoms with van der Waals surface area (Å²) in [6, 6.07) is 2.49. The van der Waals surface area contributed by atoms with E-state index in [9.17, 15) is 33.6 Å². The minimum Gasteiger partial charge on any atom is -0.480 e. The van der Waals surface area contributed by atoms with Crippen LogP contribution in [0.3, 0.4) is 0 Å². The van der Waals surface area contributed by atoms with Crippen molar-refractivity contribution < 1.29 is 62.4 Å². The molecule has 0 saturated heterocycles. The molecule has 0 aliphatic carbocycles. The van der Waals surface area contributed by atoms with Gasteiger partial charge in [0.05, 0.1) is 52.9 Å². The molecule has 0 unspecified atom stereocenters. The molecule has 0 heterocycles. The van der Waals surface area contributed by atoms with Crippen LogP contribution < -0.4 is 32.7 Å². The monoisotopic (exact) mass is 783 g/mol. The number of carbonyl (C=O) groups is 7. The fourth-order valence-electron chi connectivity index (χ4n) is 4.41. The molecule has 0 bridgehead atoms. The third-order valence-electron chi connectivity index (χ3n) is 7.76. The van der Waals surface area contributed by atoms with Gasteiger partial charge in [-0.1, -0.05) is 26.0 Å². The zero-order chi connectivity index (χ0) is 41.2. The summed E-state index contributed by atoms with van der Waals surface area (Å²) in [6.45, 7) is 7.06. The number of likely N-dealkylation sites (N-methyl/N-ethyl adjacent to an activating group) is 1. The number of nitrogens with two attached hydrogens (primary N) is 2. The molecule has 1 rings (SSSR count). The third kappa shape index (κ3) is 22.1. The lowest BCUT2D eigenvalue weighted by atomic mass is 10.0. The fourth-order valence-corrected chi connectivity index (χ4v) is 4.41. The van der Waals surface area contributed by atoms with E-state index in [0.29, 0.717) is 44.1 Å². The summed E-state index contributed by atoms with van der Waals surface area (Å²) in [5.74, 6) is -3.51. The molecule has 1 aromatic rings. The van der Waals surface area contributed by atoms with E-state index in [1.165, 1.54) is 14.0 Å². The summed E-state index contributed by atoms with van der Waals surface area (Å²) in [7, 11) is 1.31. The number of aliphatic carboxylic acids is 1. The second-order valence-electron chi connectivity index (χ2n) is 12.6. The summed E-state index contributed by atoms with van der Waals surface area (Å²) >= 11 is 0. The van der Waals surface area contributed by atoms with E-state index >= 15 is 0 Å². The number of nitrogens with one attached hydrogen (secondary N) is 4. The largest absolute Gasteiger partial charge is 0.480 e. The van der Waals surface area contributed by atoms with Crippen LogP contribution in [0.25, 0.3) is 0 Å². The van der Waals surface area contributed by atoms with Crippen molar-refractivity contribution in [2.45, 2.75) is 71.2 Å². The number of carbonyl (C=O) groups excluding carboxylic acids is 6. The second-order valence-corrected chi connectivity index (χ2v) is 12.6. The summed E-state index contributed by atoms with van der Waals surface area (Å²) < 4.78 is 26.6. The Hall–Kier alpha value is -5.05.